The fourth-order valence-corrected chi connectivity index (χ4v) is 5.32. The molecule has 1 saturated heterocycles. The molecular weight excluding hydrogens is 461 g/mol. The number of para-hydroxylation sites is 1. The minimum atomic E-state index is -0.283. The average Bonchev–Trinajstić information content (AvgIpc) is 3.26. The van der Waals surface area contributed by atoms with Gasteiger partial charge in [-0.25, -0.2) is 4.39 Å². The quantitative estimate of drug-likeness (QED) is 0.317. The Hall–Kier alpha value is -3.31. The van der Waals surface area contributed by atoms with Crippen LogP contribution >= 0.6 is 11.6 Å². The van der Waals surface area contributed by atoms with Gasteiger partial charge in [0.2, 0.25) is 5.91 Å². The maximum Gasteiger partial charge on any atom is 0.223 e. The number of anilines is 1. The topological polar surface area (TPSA) is 28.5 Å². The summed E-state index contributed by atoms with van der Waals surface area (Å²) in [5.74, 6) is -0.408. The lowest BCUT2D eigenvalue weighted by molar-refractivity contribution is -0.131. The molecule has 2 heterocycles. The molecule has 0 N–H and O–H groups in total. The number of hydrogen-bond donors (Lipinski definition) is 0. The minimum Gasteiger partial charge on any atom is -0.368 e. The van der Waals surface area contributed by atoms with Gasteiger partial charge in [-0.05, 0) is 54.4 Å². The van der Waals surface area contributed by atoms with Crippen LogP contribution in [0.4, 0.5) is 10.1 Å². The second kappa shape index (κ2) is 10.1. The van der Waals surface area contributed by atoms with Gasteiger partial charge in [0.1, 0.15) is 5.82 Å². The number of benzene rings is 3. The third kappa shape index (κ3) is 4.92. The molecule has 1 amide bonds. The van der Waals surface area contributed by atoms with Gasteiger partial charge in [0.15, 0.2) is 0 Å². The van der Waals surface area contributed by atoms with Crippen molar-refractivity contribution in [3.8, 4) is 0 Å². The standard InChI is InChI=1S/C29H29ClFN3O/c1-2-32-20-27(25-11-3-4-12-28(25)32)26(21-7-5-9-23(31)17-21)19-29(35)34-15-13-33(14-16-34)24-10-6-8-22(30)18-24/h3-12,17-18,20,26H,2,13-16,19H2,1H3. The maximum absolute atomic E-state index is 14.2. The molecule has 180 valence electrons. The summed E-state index contributed by atoms with van der Waals surface area (Å²) in [6.45, 7) is 5.75. The number of carbonyl (C=O) groups excluding carboxylic acids is 1. The van der Waals surface area contributed by atoms with Gasteiger partial charge in [0.05, 0.1) is 0 Å². The van der Waals surface area contributed by atoms with Gasteiger partial charge in [0.25, 0.3) is 0 Å². The van der Waals surface area contributed by atoms with Crippen molar-refractivity contribution < 1.29 is 9.18 Å². The Morgan fingerprint density at radius 3 is 2.49 bits per heavy atom. The van der Waals surface area contributed by atoms with Gasteiger partial charge in [-0.3, -0.25) is 4.79 Å². The van der Waals surface area contributed by atoms with Crippen molar-refractivity contribution in [3.63, 3.8) is 0 Å². The third-order valence-electron chi connectivity index (χ3n) is 6.97. The highest BCUT2D eigenvalue weighted by atomic mass is 35.5. The number of carbonyl (C=O) groups is 1. The number of hydrogen-bond acceptors (Lipinski definition) is 2. The summed E-state index contributed by atoms with van der Waals surface area (Å²) >= 11 is 6.16. The van der Waals surface area contributed by atoms with Crippen LogP contribution in [0.1, 0.15) is 30.4 Å². The van der Waals surface area contributed by atoms with E-state index < -0.39 is 0 Å². The Morgan fingerprint density at radius 1 is 0.971 bits per heavy atom. The van der Waals surface area contributed by atoms with Crippen LogP contribution in [0.3, 0.4) is 0 Å². The van der Waals surface area contributed by atoms with Crippen molar-refractivity contribution in [1.29, 1.82) is 0 Å². The lowest BCUT2D eigenvalue weighted by atomic mass is 9.87. The third-order valence-corrected chi connectivity index (χ3v) is 7.21. The molecule has 4 aromatic rings. The predicted molar refractivity (Wildman–Crippen MR) is 141 cm³/mol. The fourth-order valence-electron chi connectivity index (χ4n) is 5.14. The second-order valence-corrected chi connectivity index (χ2v) is 9.48. The second-order valence-electron chi connectivity index (χ2n) is 9.05. The van der Waals surface area contributed by atoms with E-state index in [1.165, 1.54) is 6.07 Å². The van der Waals surface area contributed by atoms with Crippen LogP contribution in [0.5, 0.6) is 0 Å². The van der Waals surface area contributed by atoms with Crippen LogP contribution in [0.25, 0.3) is 10.9 Å². The van der Waals surface area contributed by atoms with E-state index in [2.05, 4.69) is 34.7 Å². The Morgan fingerprint density at radius 2 is 1.74 bits per heavy atom. The predicted octanol–water partition coefficient (Wildman–Crippen LogP) is 6.32. The van der Waals surface area contributed by atoms with Crippen LogP contribution in [-0.4, -0.2) is 41.6 Å². The average molecular weight is 490 g/mol. The summed E-state index contributed by atoms with van der Waals surface area (Å²) in [6.07, 6.45) is 2.43. The van der Waals surface area contributed by atoms with E-state index in [9.17, 15) is 9.18 Å². The molecule has 4 nitrogen and oxygen atoms in total. The number of nitrogens with zero attached hydrogens (tertiary/aromatic N) is 3. The number of aryl methyl sites for hydroxylation is 1. The van der Waals surface area contributed by atoms with Gasteiger partial charge in [-0.15, -0.1) is 0 Å². The molecule has 35 heavy (non-hydrogen) atoms. The zero-order valence-corrected chi connectivity index (χ0v) is 20.6. The van der Waals surface area contributed by atoms with E-state index in [-0.39, 0.29) is 17.6 Å². The molecule has 0 bridgehead atoms. The van der Waals surface area contributed by atoms with Gasteiger partial charge in [-0.1, -0.05) is 48.0 Å². The Bertz CT molecular complexity index is 1340. The molecule has 1 atom stereocenters. The molecule has 0 spiro atoms. The Labute approximate surface area is 210 Å². The molecule has 6 heteroatoms. The Kier molecular flexibility index (Phi) is 6.78. The van der Waals surface area contributed by atoms with E-state index in [0.29, 0.717) is 24.5 Å². The lowest BCUT2D eigenvalue weighted by Crippen LogP contribution is -2.49. The molecule has 3 aromatic carbocycles. The summed E-state index contributed by atoms with van der Waals surface area (Å²) in [5, 5.41) is 1.83. The summed E-state index contributed by atoms with van der Waals surface area (Å²) < 4.78 is 16.4. The zero-order valence-electron chi connectivity index (χ0n) is 19.8. The van der Waals surface area contributed by atoms with Crippen LogP contribution in [0.15, 0.2) is 79.0 Å². The molecule has 1 aromatic heterocycles. The highest BCUT2D eigenvalue weighted by Crippen LogP contribution is 2.35. The van der Waals surface area contributed by atoms with Crippen LogP contribution in [-0.2, 0) is 11.3 Å². The summed E-state index contributed by atoms with van der Waals surface area (Å²) in [6, 6.07) is 22.7. The normalized spacial score (nSPS) is 14.9. The fraction of sp³-hybridized carbons (Fsp3) is 0.276. The van der Waals surface area contributed by atoms with Gasteiger partial charge in [-0.2, -0.15) is 0 Å². The van der Waals surface area contributed by atoms with Crippen LogP contribution < -0.4 is 4.90 Å². The molecule has 1 aliphatic heterocycles. The number of piperazine rings is 1. The molecule has 5 rings (SSSR count). The van der Waals surface area contributed by atoms with Gasteiger partial charge >= 0.3 is 0 Å². The number of amides is 1. The van der Waals surface area contributed by atoms with Crippen LogP contribution in [0.2, 0.25) is 5.02 Å². The molecule has 0 saturated carbocycles. The first kappa shape index (κ1) is 23.4. The number of rotatable bonds is 6. The highest BCUT2D eigenvalue weighted by molar-refractivity contribution is 6.30. The van der Waals surface area contributed by atoms with Gasteiger partial charge < -0.3 is 14.4 Å². The lowest BCUT2D eigenvalue weighted by Gasteiger charge is -2.36. The highest BCUT2D eigenvalue weighted by Gasteiger charge is 2.27. The summed E-state index contributed by atoms with van der Waals surface area (Å²) in [4.78, 5) is 17.7. The number of aromatic nitrogens is 1. The first-order valence-corrected chi connectivity index (χ1v) is 12.5. The molecule has 0 aliphatic carbocycles. The smallest absolute Gasteiger partial charge is 0.223 e. The number of fused-ring (bicyclic) bond motifs is 1. The largest absolute Gasteiger partial charge is 0.368 e. The van der Waals surface area contributed by atoms with E-state index in [1.807, 2.05) is 47.4 Å². The summed E-state index contributed by atoms with van der Waals surface area (Å²) in [5.41, 5.74) is 4.11. The van der Waals surface area contributed by atoms with E-state index in [0.717, 1.165) is 47.4 Å². The van der Waals surface area contributed by atoms with E-state index >= 15 is 0 Å². The minimum absolute atomic E-state index is 0.0957. The monoisotopic (exact) mass is 489 g/mol. The first-order chi connectivity index (χ1) is 17.0. The van der Waals surface area contributed by atoms with Crippen molar-refractivity contribution in [2.45, 2.75) is 25.8 Å². The molecule has 1 aliphatic rings. The molecular formula is C29H29ClFN3O. The Balaban J connectivity index is 1.40. The van der Waals surface area contributed by atoms with Gasteiger partial charge in [0, 0.05) is 72.9 Å². The molecule has 1 unspecified atom stereocenters. The van der Waals surface area contributed by atoms with Crippen molar-refractivity contribution in [1.82, 2.24) is 9.47 Å². The SMILES string of the molecule is CCn1cc(C(CC(=O)N2CCN(c3cccc(Cl)c3)CC2)c2cccc(F)c2)c2ccccc21. The van der Waals surface area contributed by atoms with Crippen molar-refractivity contribution in [2.75, 3.05) is 31.1 Å². The first-order valence-electron chi connectivity index (χ1n) is 12.1. The van der Waals surface area contributed by atoms with E-state index in [4.69, 9.17) is 11.6 Å². The van der Waals surface area contributed by atoms with Crippen LogP contribution in [0, 0.1) is 5.82 Å². The van der Waals surface area contributed by atoms with Crippen molar-refractivity contribution in [2.24, 2.45) is 0 Å². The molecule has 0 radical (unpaired) electrons. The zero-order chi connectivity index (χ0) is 24.4. The summed E-state index contributed by atoms with van der Waals surface area (Å²) in [7, 11) is 0. The van der Waals surface area contributed by atoms with E-state index in [1.54, 1.807) is 12.1 Å². The van der Waals surface area contributed by atoms with Crippen molar-refractivity contribution in [3.05, 3.63) is 101 Å². The van der Waals surface area contributed by atoms with Crippen molar-refractivity contribution >= 4 is 34.1 Å². The molecule has 1 fully saturated rings. The maximum atomic E-state index is 14.2. The number of halogens is 2.